The van der Waals surface area contributed by atoms with Crippen molar-refractivity contribution in [1.82, 2.24) is 4.90 Å². The number of hydrogen-bond donors (Lipinski definition) is 0. The second kappa shape index (κ2) is 5.31. The van der Waals surface area contributed by atoms with Gasteiger partial charge in [-0.05, 0) is 52.5 Å². The molecule has 1 aliphatic heterocycles. The fraction of sp³-hybridized carbons (Fsp3) is 0.929. The first kappa shape index (κ1) is 12.1. The van der Waals surface area contributed by atoms with Gasteiger partial charge in [0.25, 0.3) is 0 Å². The molecule has 0 aromatic rings. The third kappa shape index (κ3) is 2.65. The summed E-state index contributed by atoms with van der Waals surface area (Å²) in [6.45, 7) is 5.82. The van der Waals surface area contributed by atoms with E-state index in [1.54, 1.807) is 0 Å². The van der Waals surface area contributed by atoms with Crippen molar-refractivity contribution in [3.63, 3.8) is 0 Å². The Labute approximate surface area is 99.4 Å². The molecule has 0 bridgehead atoms. The normalized spacial score (nSPS) is 36.9. The third-order valence-corrected chi connectivity index (χ3v) is 4.54. The number of ketones is 1. The molecule has 1 saturated carbocycles. The number of carbonyl (C=O) groups is 1. The largest absolute Gasteiger partial charge is 0.299 e. The van der Waals surface area contributed by atoms with Crippen LogP contribution in [-0.2, 0) is 4.79 Å². The first-order valence-electron chi connectivity index (χ1n) is 6.97. The lowest BCUT2D eigenvalue weighted by Crippen LogP contribution is -2.44. The number of carbonyl (C=O) groups excluding carboxylic acids is 1. The van der Waals surface area contributed by atoms with Crippen LogP contribution in [0.1, 0.15) is 58.8 Å². The molecule has 2 heteroatoms. The van der Waals surface area contributed by atoms with Gasteiger partial charge in [0.2, 0.25) is 0 Å². The van der Waals surface area contributed by atoms with E-state index in [0.29, 0.717) is 11.7 Å². The molecule has 0 N–H and O–H groups in total. The molecule has 16 heavy (non-hydrogen) atoms. The fourth-order valence-corrected chi connectivity index (χ4v) is 3.41. The topological polar surface area (TPSA) is 20.3 Å². The quantitative estimate of drug-likeness (QED) is 0.733. The predicted molar refractivity (Wildman–Crippen MR) is 66.4 cm³/mol. The summed E-state index contributed by atoms with van der Waals surface area (Å²) in [5, 5.41) is 0. The Hall–Kier alpha value is -0.370. The minimum atomic E-state index is 0.390. The van der Waals surface area contributed by atoms with Crippen LogP contribution in [0.4, 0.5) is 0 Å². The van der Waals surface area contributed by atoms with Gasteiger partial charge in [-0.2, -0.15) is 0 Å². The van der Waals surface area contributed by atoms with Crippen molar-refractivity contribution in [1.29, 1.82) is 0 Å². The van der Waals surface area contributed by atoms with Gasteiger partial charge in [-0.15, -0.1) is 0 Å². The lowest BCUT2D eigenvalue weighted by Gasteiger charge is -2.39. The zero-order valence-corrected chi connectivity index (χ0v) is 10.7. The molecule has 2 aliphatic rings. The number of likely N-dealkylation sites (tertiary alicyclic amines) is 1. The number of nitrogens with zero attached hydrogens (tertiary/aromatic N) is 1. The maximum absolute atomic E-state index is 11.6. The van der Waals surface area contributed by atoms with E-state index in [-0.39, 0.29) is 0 Å². The highest BCUT2D eigenvalue weighted by atomic mass is 16.1. The molecule has 1 unspecified atom stereocenters. The lowest BCUT2D eigenvalue weighted by atomic mass is 9.95. The Morgan fingerprint density at radius 1 is 1.12 bits per heavy atom. The van der Waals surface area contributed by atoms with E-state index in [9.17, 15) is 4.79 Å². The minimum Gasteiger partial charge on any atom is -0.299 e. The van der Waals surface area contributed by atoms with Crippen molar-refractivity contribution < 1.29 is 4.79 Å². The Kier molecular flexibility index (Phi) is 4.01. The smallest absolute Gasteiger partial charge is 0.136 e. The molecule has 2 nitrogen and oxygen atoms in total. The molecule has 1 aliphatic carbocycles. The Balaban J connectivity index is 1.81. The molecule has 0 aromatic carbocycles. The fourth-order valence-electron chi connectivity index (χ4n) is 3.41. The highest BCUT2D eigenvalue weighted by molar-refractivity contribution is 5.82. The van der Waals surface area contributed by atoms with E-state index in [1.807, 2.05) is 0 Å². The van der Waals surface area contributed by atoms with Crippen LogP contribution in [0, 0.1) is 5.92 Å². The second-order valence-electron chi connectivity index (χ2n) is 5.71. The van der Waals surface area contributed by atoms with E-state index in [1.165, 1.54) is 19.3 Å². The minimum absolute atomic E-state index is 0.390. The Bertz CT molecular complexity index is 241. The van der Waals surface area contributed by atoms with Crippen LogP contribution in [0.5, 0.6) is 0 Å². The van der Waals surface area contributed by atoms with Gasteiger partial charge < -0.3 is 0 Å². The zero-order chi connectivity index (χ0) is 11.5. The summed E-state index contributed by atoms with van der Waals surface area (Å²) in [5.74, 6) is 0.915. The summed E-state index contributed by atoms with van der Waals surface area (Å²) in [7, 11) is 0. The summed E-state index contributed by atoms with van der Waals surface area (Å²) in [4.78, 5) is 14.2. The molecule has 2 fully saturated rings. The average Bonchev–Trinajstić information content (AvgIpc) is 2.64. The molecular weight excluding hydrogens is 198 g/mol. The molecule has 2 rings (SSSR count). The Morgan fingerprint density at radius 2 is 1.81 bits per heavy atom. The van der Waals surface area contributed by atoms with Crippen LogP contribution < -0.4 is 0 Å². The molecule has 3 atom stereocenters. The summed E-state index contributed by atoms with van der Waals surface area (Å²) >= 11 is 0. The van der Waals surface area contributed by atoms with Crippen LogP contribution >= 0.6 is 0 Å². The van der Waals surface area contributed by atoms with E-state index in [2.05, 4.69) is 18.7 Å². The van der Waals surface area contributed by atoms with E-state index >= 15 is 0 Å². The van der Waals surface area contributed by atoms with Gasteiger partial charge in [-0.3, -0.25) is 9.69 Å². The van der Waals surface area contributed by atoms with Crippen molar-refractivity contribution in [2.75, 3.05) is 6.54 Å². The molecule has 1 saturated heterocycles. The zero-order valence-electron chi connectivity index (χ0n) is 10.7. The van der Waals surface area contributed by atoms with Gasteiger partial charge >= 0.3 is 0 Å². The molecular formula is C14H25NO. The first-order chi connectivity index (χ1) is 7.68. The molecule has 0 spiro atoms. The Morgan fingerprint density at radius 3 is 2.38 bits per heavy atom. The van der Waals surface area contributed by atoms with Gasteiger partial charge in [0.1, 0.15) is 5.78 Å². The average molecular weight is 223 g/mol. The van der Waals surface area contributed by atoms with E-state index < -0.39 is 0 Å². The summed E-state index contributed by atoms with van der Waals surface area (Å²) in [6.07, 6.45) is 8.28. The van der Waals surface area contributed by atoms with Crippen LogP contribution in [0.25, 0.3) is 0 Å². The number of piperidine rings is 1. The lowest BCUT2D eigenvalue weighted by molar-refractivity contribution is -0.121. The van der Waals surface area contributed by atoms with Crippen LogP contribution in [0.2, 0.25) is 0 Å². The predicted octanol–water partition coefficient (Wildman–Crippen LogP) is 3.01. The second-order valence-corrected chi connectivity index (χ2v) is 5.71. The number of rotatable bonds is 3. The molecule has 0 amide bonds. The summed E-state index contributed by atoms with van der Waals surface area (Å²) < 4.78 is 0. The molecule has 1 heterocycles. The van der Waals surface area contributed by atoms with Gasteiger partial charge in [0.15, 0.2) is 0 Å². The monoisotopic (exact) mass is 223 g/mol. The van der Waals surface area contributed by atoms with Crippen molar-refractivity contribution in [3.05, 3.63) is 0 Å². The molecule has 0 radical (unpaired) electrons. The standard InChI is InChI=1S/C14H25NO/c1-11-5-3-6-12(2)15(11)10-9-13-7-4-8-14(13)16/h11-13H,3-10H2,1-2H3/t11-,12+,13?. The van der Waals surface area contributed by atoms with E-state index in [0.717, 1.165) is 44.3 Å². The maximum Gasteiger partial charge on any atom is 0.136 e. The van der Waals surface area contributed by atoms with Crippen LogP contribution in [0.15, 0.2) is 0 Å². The number of hydrogen-bond acceptors (Lipinski definition) is 2. The van der Waals surface area contributed by atoms with Crippen molar-refractivity contribution in [2.45, 2.75) is 70.9 Å². The van der Waals surface area contributed by atoms with Crippen LogP contribution in [-0.4, -0.2) is 29.3 Å². The number of Topliss-reactive ketones (excluding diaryl/α,β-unsaturated/α-hetero) is 1. The molecule has 0 aromatic heterocycles. The van der Waals surface area contributed by atoms with Gasteiger partial charge in [0.05, 0.1) is 0 Å². The highest BCUT2D eigenvalue weighted by Crippen LogP contribution is 2.27. The maximum atomic E-state index is 11.6. The van der Waals surface area contributed by atoms with E-state index in [4.69, 9.17) is 0 Å². The van der Waals surface area contributed by atoms with Gasteiger partial charge in [0, 0.05) is 24.4 Å². The summed E-state index contributed by atoms with van der Waals surface area (Å²) in [6, 6.07) is 1.44. The van der Waals surface area contributed by atoms with Crippen LogP contribution in [0.3, 0.4) is 0 Å². The highest BCUT2D eigenvalue weighted by Gasteiger charge is 2.28. The molecule has 92 valence electrons. The SMILES string of the molecule is C[C@@H]1CCC[C@H](C)N1CCC1CCCC1=O. The van der Waals surface area contributed by atoms with Gasteiger partial charge in [-0.25, -0.2) is 0 Å². The van der Waals surface area contributed by atoms with Crippen molar-refractivity contribution >= 4 is 5.78 Å². The third-order valence-electron chi connectivity index (χ3n) is 4.54. The van der Waals surface area contributed by atoms with Gasteiger partial charge in [-0.1, -0.05) is 6.42 Å². The summed E-state index contributed by atoms with van der Waals surface area (Å²) in [5.41, 5.74) is 0. The first-order valence-corrected chi connectivity index (χ1v) is 6.97. The van der Waals surface area contributed by atoms with Crippen molar-refractivity contribution in [2.24, 2.45) is 5.92 Å². The van der Waals surface area contributed by atoms with Crippen molar-refractivity contribution in [3.8, 4) is 0 Å².